The van der Waals surface area contributed by atoms with E-state index in [1.54, 1.807) is 43.5 Å². The molecule has 0 spiro atoms. The molecule has 11 heteroatoms. The maximum Gasteiger partial charge on any atom is 0.267 e. The van der Waals surface area contributed by atoms with E-state index in [-0.39, 0.29) is 46.5 Å². The van der Waals surface area contributed by atoms with Crippen LogP contribution in [0.2, 0.25) is 5.02 Å². The molecule has 0 radical (unpaired) electrons. The summed E-state index contributed by atoms with van der Waals surface area (Å²) in [5, 5.41) is 17.9. The molecule has 0 bridgehead atoms. The van der Waals surface area contributed by atoms with Gasteiger partial charge in [0.2, 0.25) is 0 Å². The second kappa shape index (κ2) is 8.94. The number of pyridine rings is 1. The van der Waals surface area contributed by atoms with Crippen LogP contribution < -0.4 is 22.5 Å². The Bertz CT molecular complexity index is 1290. The van der Waals surface area contributed by atoms with Crippen molar-refractivity contribution in [3.05, 3.63) is 74.6 Å². The van der Waals surface area contributed by atoms with Crippen LogP contribution in [-0.2, 0) is 6.54 Å². The van der Waals surface area contributed by atoms with Crippen LogP contribution in [0.3, 0.4) is 0 Å². The Morgan fingerprint density at radius 3 is 2.65 bits per heavy atom. The molecule has 7 N–H and O–H groups in total. The molecule has 3 aromatic rings. The third-order valence-electron chi connectivity index (χ3n) is 4.53. The summed E-state index contributed by atoms with van der Waals surface area (Å²) in [5.74, 6) is -0.300. The van der Waals surface area contributed by atoms with Gasteiger partial charge in [0, 0.05) is 11.9 Å². The molecule has 0 atom stereocenters. The van der Waals surface area contributed by atoms with Crippen LogP contribution in [0.15, 0.2) is 57.6 Å². The number of para-hydroxylation sites is 1. The summed E-state index contributed by atoms with van der Waals surface area (Å²) in [4.78, 5) is 26.4. The van der Waals surface area contributed by atoms with Crippen molar-refractivity contribution < 1.29 is 5.21 Å². The third-order valence-corrected chi connectivity index (χ3v) is 4.85. The molecule has 2 aromatic heterocycles. The van der Waals surface area contributed by atoms with Gasteiger partial charge in [-0.15, -0.1) is 0 Å². The number of nitrogens with two attached hydrogens (primary N) is 2. The van der Waals surface area contributed by atoms with Gasteiger partial charge < -0.3 is 11.5 Å². The van der Waals surface area contributed by atoms with Gasteiger partial charge in [-0.25, -0.2) is 9.97 Å². The van der Waals surface area contributed by atoms with Crippen LogP contribution in [-0.4, -0.2) is 31.4 Å². The zero-order chi connectivity index (χ0) is 22.7. The molecule has 0 saturated heterocycles. The summed E-state index contributed by atoms with van der Waals surface area (Å²) in [6.45, 7) is 3.15. The molecule has 3 rings (SSSR count). The lowest BCUT2D eigenvalue weighted by Gasteiger charge is -2.15. The molecule has 1 aromatic carbocycles. The molecule has 0 amide bonds. The largest absolute Gasteiger partial charge is 0.402 e. The second-order valence-electron chi connectivity index (χ2n) is 6.69. The summed E-state index contributed by atoms with van der Waals surface area (Å²) < 4.78 is 1.35. The van der Waals surface area contributed by atoms with Gasteiger partial charge in [0.05, 0.1) is 21.7 Å². The molecule has 31 heavy (non-hydrogen) atoms. The molecule has 160 valence electrons. The topological polar surface area (TPSA) is 168 Å². The van der Waals surface area contributed by atoms with Crippen molar-refractivity contribution in [2.75, 3.05) is 0 Å². The predicted molar refractivity (Wildman–Crippen MR) is 120 cm³/mol. The quantitative estimate of drug-likeness (QED) is 0.229. The zero-order valence-corrected chi connectivity index (χ0v) is 17.6. The van der Waals surface area contributed by atoms with Crippen LogP contribution in [0.4, 0.5) is 0 Å². The summed E-state index contributed by atoms with van der Waals surface area (Å²) in [7, 11) is 0. The first-order valence-corrected chi connectivity index (χ1v) is 9.51. The van der Waals surface area contributed by atoms with Gasteiger partial charge in [0.25, 0.3) is 5.56 Å². The van der Waals surface area contributed by atoms with E-state index >= 15 is 0 Å². The average Bonchev–Trinajstić information content (AvgIpc) is 2.71. The smallest absolute Gasteiger partial charge is 0.267 e. The Hall–Kier alpha value is -3.76. The number of aliphatic imine (C=N–C) groups is 1. The lowest BCUT2D eigenvalue weighted by Crippen LogP contribution is -2.32. The van der Waals surface area contributed by atoms with Gasteiger partial charge in [0.1, 0.15) is 18.2 Å². The number of aromatic nitrogens is 3. The number of nitrogens with one attached hydrogen (secondary N) is 2. The van der Waals surface area contributed by atoms with E-state index in [4.69, 9.17) is 28.5 Å². The molecule has 2 heterocycles. The van der Waals surface area contributed by atoms with Crippen molar-refractivity contribution in [3.8, 4) is 5.69 Å². The Balaban J connectivity index is 2.28. The second-order valence-corrected chi connectivity index (χ2v) is 7.10. The van der Waals surface area contributed by atoms with Crippen molar-refractivity contribution >= 4 is 34.3 Å². The lowest BCUT2D eigenvalue weighted by atomic mass is 10.2. The van der Waals surface area contributed by atoms with Crippen molar-refractivity contribution in [2.24, 2.45) is 16.5 Å². The number of hydrogen-bond acceptors (Lipinski definition) is 7. The number of rotatable bonds is 5. The van der Waals surface area contributed by atoms with E-state index in [1.807, 2.05) is 5.48 Å². The summed E-state index contributed by atoms with van der Waals surface area (Å²) >= 11 is 6.36. The highest BCUT2D eigenvalue weighted by atomic mass is 35.5. The summed E-state index contributed by atoms with van der Waals surface area (Å²) in [5.41, 5.74) is 14.5. The predicted octanol–water partition coefficient (Wildman–Crippen LogP) is 1.79. The standard InChI is InChI=1S/C20H21ClN8O2/c1-10-7-8-25-18-15(10)20(30)29(13-6-4-3-5-12(13)21)14(27-18)9-26-19(28-31)16(11(2)22)17(23)24/h3-8,31H,9,22H2,1-2H3,(H3,23,24)(H,26,28). The van der Waals surface area contributed by atoms with E-state index in [0.29, 0.717) is 16.1 Å². The number of hydroxylamine groups is 1. The molecule has 0 unspecified atom stereocenters. The fourth-order valence-electron chi connectivity index (χ4n) is 3.13. The molecule has 0 aliphatic heterocycles. The monoisotopic (exact) mass is 440 g/mol. The maximum absolute atomic E-state index is 13.4. The van der Waals surface area contributed by atoms with Crippen molar-refractivity contribution in [2.45, 2.75) is 20.4 Å². The molecular weight excluding hydrogens is 420 g/mol. The maximum atomic E-state index is 13.4. The molecule has 0 fully saturated rings. The first kappa shape index (κ1) is 21.9. The highest BCUT2D eigenvalue weighted by Crippen LogP contribution is 2.21. The summed E-state index contributed by atoms with van der Waals surface area (Å²) in [6.07, 6.45) is 1.56. The van der Waals surface area contributed by atoms with Crippen LogP contribution in [0.5, 0.6) is 0 Å². The first-order chi connectivity index (χ1) is 14.8. The van der Waals surface area contributed by atoms with E-state index in [9.17, 15) is 10.0 Å². The highest BCUT2D eigenvalue weighted by molar-refractivity contribution is 6.32. The Kier molecular flexibility index (Phi) is 6.33. The van der Waals surface area contributed by atoms with Crippen molar-refractivity contribution in [1.82, 2.24) is 20.0 Å². The van der Waals surface area contributed by atoms with Crippen LogP contribution in [0, 0.1) is 12.3 Å². The van der Waals surface area contributed by atoms with Gasteiger partial charge in [-0.05, 0) is 37.6 Å². The van der Waals surface area contributed by atoms with E-state index in [2.05, 4.69) is 15.0 Å². The number of halogens is 1. The first-order valence-electron chi connectivity index (χ1n) is 9.14. The van der Waals surface area contributed by atoms with Crippen LogP contribution >= 0.6 is 11.6 Å². The number of hydrogen-bond donors (Lipinski definition) is 5. The average molecular weight is 441 g/mol. The van der Waals surface area contributed by atoms with Crippen LogP contribution in [0.25, 0.3) is 16.7 Å². The Labute approximate surface area is 182 Å². The number of amidine groups is 2. The lowest BCUT2D eigenvalue weighted by molar-refractivity contribution is 0.234. The fourth-order valence-corrected chi connectivity index (χ4v) is 3.35. The number of fused-ring (bicyclic) bond motifs is 1. The minimum absolute atomic E-state index is 0.0314. The normalized spacial score (nSPS) is 12.6. The minimum Gasteiger partial charge on any atom is -0.402 e. The van der Waals surface area contributed by atoms with Gasteiger partial charge in [-0.3, -0.25) is 30.5 Å². The summed E-state index contributed by atoms with van der Waals surface area (Å²) in [6, 6.07) is 8.56. The SMILES string of the molecule is CC(N)=C(C(=N)N)C(=NCc1nc2nccc(C)c2c(=O)n1-c1ccccc1Cl)NO. The number of aryl methyl sites for hydroxylation is 1. The van der Waals surface area contributed by atoms with Crippen LogP contribution in [0.1, 0.15) is 18.3 Å². The van der Waals surface area contributed by atoms with E-state index < -0.39 is 0 Å². The zero-order valence-electron chi connectivity index (χ0n) is 16.8. The number of allylic oxidation sites excluding steroid dienone is 1. The number of nitrogens with zero attached hydrogens (tertiary/aromatic N) is 4. The Morgan fingerprint density at radius 2 is 2.03 bits per heavy atom. The number of benzene rings is 1. The Morgan fingerprint density at radius 1 is 1.32 bits per heavy atom. The van der Waals surface area contributed by atoms with Gasteiger partial charge >= 0.3 is 0 Å². The van der Waals surface area contributed by atoms with Gasteiger partial charge in [0.15, 0.2) is 11.5 Å². The fraction of sp³-hybridized carbons (Fsp3) is 0.150. The molecule has 0 aliphatic carbocycles. The highest BCUT2D eigenvalue weighted by Gasteiger charge is 2.18. The van der Waals surface area contributed by atoms with E-state index in [0.717, 1.165) is 5.56 Å². The van der Waals surface area contributed by atoms with E-state index in [1.165, 1.54) is 11.5 Å². The molecule has 10 nitrogen and oxygen atoms in total. The molecule has 0 saturated carbocycles. The third kappa shape index (κ3) is 4.25. The molecular formula is C20H21ClN8O2. The van der Waals surface area contributed by atoms with Crippen molar-refractivity contribution in [1.29, 1.82) is 5.41 Å². The van der Waals surface area contributed by atoms with Gasteiger partial charge in [-0.2, -0.15) is 0 Å². The van der Waals surface area contributed by atoms with Gasteiger partial charge in [-0.1, -0.05) is 23.7 Å². The molecule has 0 aliphatic rings. The minimum atomic E-state index is -0.382. The van der Waals surface area contributed by atoms with Crippen molar-refractivity contribution in [3.63, 3.8) is 0 Å².